The van der Waals surface area contributed by atoms with Crippen molar-refractivity contribution in [2.24, 2.45) is 0 Å². The number of hydrogen-bond donors (Lipinski definition) is 3. The van der Waals surface area contributed by atoms with Crippen LogP contribution < -0.4 is 15.4 Å². The van der Waals surface area contributed by atoms with Crippen molar-refractivity contribution in [3.8, 4) is 5.75 Å². The van der Waals surface area contributed by atoms with Gasteiger partial charge < -0.3 is 20.5 Å². The van der Waals surface area contributed by atoms with Gasteiger partial charge in [-0.05, 0) is 53.9 Å². The Morgan fingerprint density at radius 3 is 2.53 bits per heavy atom. The number of benzene rings is 2. The third-order valence-corrected chi connectivity index (χ3v) is 6.67. The normalized spacial score (nSPS) is 16.2. The summed E-state index contributed by atoms with van der Waals surface area (Å²) < 4.78 is 5.59. The molecule has 0 spiro atoms. The Hall–Kier alpha value is -2.97. The molecule has 0 radical (unpaired) electrons. The fraction of sp³-hybridized carbons (Fsp3) is 0.536. The number of hydrogen-bond acceptors (Lipinski definition) is 6. The number of aliphatic hydroxyl groups excluding tert-OH is 1. The van der Waals surface area contributed by atoms with E-state index in [4.69, 9.17) is 4.74 Å². The molecule has 0 bridgehead atoms. The van der Waals surface area contributed by atoms with Crippen LogP contribution >= 0.6 is 0 Å². The van der Waals surface area contributed by atoms with E-state index in [0.717, 1.165) is 24.8 Å². The topological polar surface area (TPSA) is 114 Å². The predicted octanol–water partition coefficient (Wildman–Crippen LogP) is 4.37. The average Bonchev–Trinajstić information content (AvgIpc) is 3.61. The van der Waals surface area contributed by atoms with E-state index in [-0.39, 0.29) is 28.3 Å². The van der Waals surface area contributed by atoms with Crippen molar-refractivity contribution in [2.45, 2.75) is 83.4 Å². The number of nitro groups is 1. The number of amides is 1. The first kappa shape index (κ1) is 27.6. The lowest BCUT2D eigenvalue weighted by atomic mass is 9.85. The second-order valence-corrected chi connectivity index (χ2v) is 10.8. The second-order valence-electron chi connectivity index (χ2n) is 10.8. The van der Waals surface area contributed by atoms with E-state index in [1.54, 1.807) is 12.1 Å². The number of aliphatic hydroxyl groups is 1. The molecule has 2 aromatic rings. The summed E-state index contributed by atoms with van der Waals surface area (Å²) >= 11 is 0. The van der Waals surface area contributed by atoms with Crippen LogP contribution in [0.2, 0.25) is 0 Å². The van der Waals surface area contributed by atoms with Gasteiger partial charge in [0.15, 0.2) is 5.75 Å². The lowest BCUT2D eigenvalue weighted by molar-refractivity contribution is -0.385. The van der Waals surface area contributed by atoms with Crippen molar-refractivity contribution in [1.82, 2.24) is 10.6 Å². The van der Waals surface area contributed by atoms with Crippen LogP contribution in [0.1, 0.15) is 70.6 Å². The molecule has 0 saturated heterocycles. The van der Waals surface area contributed by atoms with Crippen LogP contribution in [0.5, 0.6) is 5.75 Å². The molecule has 36 heavy (non-hydrogen) atoms. The molecule has 1 fully saturated rings. The minimum Gasteiger partial charge on any atom is -0.487 e. The highest BCUT2D eigenvalue weighted by molar-refractivity contribution is 5.73. The molecule has 1 saturated carbocycles. The zero-order chi connectivity index (χ0) is 26.5. The zero-order valence-electron chi connectivity index (χ0n) is 22.0. The fourth-order valence-electron chi connectivity index (χ4n) is 4.38. The summed E-state index contributed by atoms with van der Waals surface area (Å²) in [5.74, 6) is -0.0494. The van der Waals surface area contributed by atoms with Gasteiger partial charge in [-0.3, -0.25) is 14.9 Å². The molecule has 2 atom stereocenters. The highest BCUT2D eigenvalue weighted by Gasteiger charge is 2.44. The first-order valence-corrected chi connectivity index (χ1v) is 12.7. The maximum atomic E-state index is 11.9. The molecule has 0 unspecified atom stereocenters. The number of nitrogens with zero attached hydrogens (tertiary/aromatic N) is 1. The van der Waals surface area contributed by atoms with Gasteiger partial charge in [-0.2, -0.15) is 0 Å². The molecule has 1 amide bonds. The van der Waals surface area contributed by atoms with Gasteiger partial charge in [0.25, 0.3) is 0 Å². The van der Waals surface area contributed by atoms with Gasteiger partial charge in [0, 0.05) is 25.1 Å². The van der Waals surface area contributed by atoms with E-state index in [1.165, 1.54) is 24.1 Å². The predicted molar refractivity (Wildman–Crippen MR) is 140 cm³/mol. The van der Waals surface area contributed by atoms with Crippen molar-refractivity contribution in [3.63, 3.8) is 0 Å². The summed E-state index contributed by atoms with van der Waals surface area (Å²) in [6.45, 7) is 10.6. The fourth-order valence-corrected chi connectivity index (χ4v) is 4.38. The number of ether oxygens (including phenoxy) is 1. The third kappa shape index (κ3) is 7.04. The molecule has 1 aliphatic carbocycles. The number of carbonyl (C=O) groups excluding carboxylic acids is 1. The zero-order valence-corrected chi connectivity index (χ0v) is 22.0. The number of carbonyl (C=O) groups is 1. The van der Waals surface area contributed by atoms with E-state index < -0.39 is 17.1 Å². The van der Waals surface area contributed by atoms with Gasteiger partial charge in [0.2, 0.25) is 5.91 Å². The standard InChI is InChI=1S/C28H39N3O5/c1-6-14-36-26-16-20(10-11-24(26)31(34)35)15-23(30-19(2)32)25(33)18-29-28(12-13-28)22-9-7-8-21(17-22)27(3,4)5/h7-11,16-17,23,25,29,33H,6,12-15,18H2,1-5H3,(H,30,32)/t23-,25-/m0/s1. The summed E-state index contributed by atoms with van der Waals surface area (Å²) in [5.41, 5.74) is 3.00. The first-order valence-electron chi connectivity index (χ1n) is 12.7. The van der Waals surface area contributed by atoms with Crippen LogP contribution in [-0.2, 0) is 22.2 Å². The Morgan fingerprint density at radius 1 is 1.22 bits per heavy atom. The molecule has 3 N–H and O–H groups in total. The van der Waals surface area contributed by atoms with Gasteiger partial charge in [0.1, 0.15) is 0 Å². The van der Waals surface area contributed by atoms with E-state index in [2.05, 4.69) is 55.7 Å². The summed E-state index contributed by atoms with van der Waals surface area (Å²) in [6.07, 6.45) is 2.15. The van der Waals surface area contributed by atoms with Crippen molar-refractivity contribution in [1.29, 1.82) is 0 Å². The molecule has 0 aliphatic heterocycles. The minimum atomic E-state index is -0.854. The van der Waals surface area contributed by atoms with E-state index in [0.29, 0.717) is 19.6 Å². The Kier molecular flexibility index (Phi) is 8.74. The highest BCUT2D eigenvalue weighted by atomic mass is 16.6. The molecule has 0 aromatic heterocycles. The van der Waals surface area contributed by atoms with Crippen molar-refractivity contribution >= 4 is 11.6 Å². The Morgan fingerprint density at radius 2 is 1.94 bits per heavy atom. The minimum absolute atomic E-state index is 0.0482. The third-order valence-electron chi connectivity index (χ3n) is 6.67. The Balaban J connectivity index is 1.73. The summed E-state index contributed by atoms with van der Waals surface area (Å²) in [4.78, 5) is 22.8. The molecule has 8 nitrogen and oxygen atoms in total. The number of nitro benzene ring substituents is 1. The largest absolute Gasteiger partial charge is 0.487 e. The van der Waals surface area contributed by atoms with Crippen LogP contribution in [0.15, 0.2) is 42.5 Å². The van der Waals surface area contributed by atoms with Crippen LogP contribution in [0.4, 0.5) is 5.69 Å². The molecule has 0 heterocycles. The van der Waals surface area contributed by atoms with Crippen molar-refractivity contribution in [2.75, 3.05) is 13.2 Å². The summed E-state index contributed by atoms with van der Waals surface area (Å²) in [5, 5.41) is 28.9. The van der Waals surface area contributed by atoms with Crippen LogP contribution in [0, 0.1) is 10.1 Å². The lowest BCUT2D eigenvalue weighted by Crippen LogP contribution is -2.49. The maximum absolute atomic E-state index is 11.9. The van der Waals surface area contributed by atoms with Crippen molar-refractivity contribution in [3.05, 3.63) is 69.3 Å². The molecule has 2 aromatic carbocycles. The lowest BCUT2D eigenvalue weighted by Gasteiger charge is -2.28. The Bertz CT molecular complexity index is 1080. The number of nitrogens with one attached hydrogen (secondary N) is 2. The monoisotopic (exact) mass is 497 g/mol. The SMILES string of the molecule is CCCOc1cc(C[C@H](NC(C)=O)[C@@H](O)CNC2(c3cccc(C(C)(C)C)c3)CC2)ccc1[N+](=O)[O-]. The summed E-state index contributed by atoms with van der Waals surface area (Å²) in [6, 6.07) is 12.7. The first-order chi connectivity index (χ1) is 16.9. The molecule has 1 aliphatic rings. The van der Waals surface area contributed by atoms with E-state index in [1.807, 2.05) is 6.92 Å². The number of rotatable bonds is 12. The van der Waals surface area contributed by atoms with Gasteiger partial charge in [-0.25, -0.2) is 0 Å². The van der Waals surface area contributed by atoms with Gasteiger partial charge in [-0.15, -0.1) is 0 Å². The van der Waals surface area contributed by atoms with Gasteiger partial charge in [0.05, 0.1) is 23.7 Å². The smallest absolute Gasteiger partial charge is 0.310 e. The molecule has 196 valence electrons. The van der Waals surface area contributed by atoms with Crippen LogP contribution in [-0.4, -0.2) is 41.2 Å². The van der Waals surface area contributed by atoms with Gasteiger partial charge >= 0.3 is 5.69 Å². The molecular weight excluding hydrogens is 458 g/mol. The van der Waals surface area contributed by atoms with Crippen LogP contribution in [0.25, 0.3) is 0 Å². The molecule has 3 rings (SSSR count). The van der Waals surface area contributed by atoms with E-state index in [9.17, 15) is 20.0 Å². The molecule has 8 heteroatoms. The second kappa shape index (κ2) is 11.4. The summed E-state index contributed by atoms with van der Waals surface area (Å²) in [7, 11) is 0. The van der Waals surface area contributed by atoms with Crippen LogP contribution in [0.3, 0.4) is 0 Å². The highest BCUT2D eigenvalue weighted by Crippen LogP contribution is 2.46. The molecular formula is C28H39N3O5. The van der Waals surface area contributed by atoms with E-state index >= 15 is 0 Å². The van der Waals surface area contributed by atoms with Crippen molar-refractivity contribution < 1.29 is 19.6 Å². The van der Waals surface area contributed by atoms with Gasteiger partial charge in [-0.1, -0.05) is 58.0 Å². The average molecular weight is 498 g/mol. The maximum Gasteiger partial charge on any atom is 0.310 e. The quantitative estimate of drug-likeness (QED) is 0.296. The Labute approximate surface area is 213 Å².